The highest BCUT2D eigenvalue weighted by Gasteiger charge is 2.24. The Hall–Kier alpha value is -2.23. The molecule has 1 amide bonds. The molecular formula is C16H18FN3O4S. The molecule has 1 aliphatic heterocycles. The third-order valence-electron chi connectivity index (χ3n) is 4.13. The molecule has 0 atom stereocenters. The Kier molecular flexibility index (Phi) is 4.63. The number of nitrogens with one attached hydrogen (secondary N) is 3. The van der Waals surface area contributed by atoms with E-state index in [-0.39, 0.29) is 22.1 Å². The maximum absolute atomic E-state index is 14.6. The van der Waals surface area contributed by atoms with E-state index in [1.54, 1.807) is 6.07 Å². The summed E-state index contributed by atoms with van der Waals surface area (Å²) >= 11 is 0. The van der Waals surface area contributed by atoms with Gasteiger partial charge in [-0.3, -0.25) is 4.79 Å². The maximum Gasteiger partial charge on any atom is 0.273 e. The second-order valence-electron chi connectivity index (χ2n) is 5.69. The van der Waals surface area contributed by atoms with Crippen molar-refractivity contribution in [3.05, 3.63) is 46.5 Å². The van der Waals surface area contributed by atoms with Gasteiger partial charge in [0, 0.05) is 12.6 Å². The van der Waals surface area contributed by atoms with Crippen LogP contribution in [0.4, 0.5) is 10.1 Å². The van der Waals surface area contributed by atoms with Gasteiger partial charge in [0.2, 0.25) is 5.09 Å². The number of aryl methyl sites for hydroxylation is 1. The lowest BCUT2D eigenvalue weighted by Crippen LogP contribution is -2.25. The SMILES string of the molecule is CNS(=O)(=O)c1cc(C(=O)Nc2ccc3c(c2F)CCNC3)c(C)o1. The predicted octanol–water partition coefficient (Wildman–Crippen LogP) is 1.53. The zero-order valence-electron chi connectivity index (χ0n) is 13.8. The number of carbonyl (C=O) groups excluding carboxylic acids is 1. The van der Waals surface area contributed by atoms with E-state index in [0.717, 1.165) is 11.6 Å². The third-order valence-corrected chi connectivity index (χ3v) is 5.40. The molecule has 2 aromatic rings. The molecule has 0 fully saturated rings. The van der Waals surface area contributed by atoms with E-state index in [1.165, 1.54) is 20.0 Å². The molecule has 1 aromatic heterocycles. The number of anilines is 1. The number of amides is 1. The lowest BCUT2D eigenvalue weighted by atomic mass is 9.99. The smallest absolute Gasteiger partial charge is 0.273 e. The molecule has 0 saturated carbocycles. The van der Waals surface area contributed by atoms with Crippen LogP contribution in [-0.4, -0.2) is 27.9 Å². The second-order valence-corrected chi connectivity index (χ2v) is 7.51. The van der Waals surface area contributed by atoms with Gasteiger partial charge in [-0.15, -0.1) is 0 Å². The van der Waals surface area contributed by atoms with Gasteiger partial charge in [-0.2, -0.15) is 0 Å². The van der Waals surface area contributed by atoms with Gasteiger partial charge in [-0.25, -0.2) is 17.5 Å². The van der Waals surface area contributed by atoms with Gasteiger partial charge in [0.15, 0.2) is 0 Å². The molecule has 0 aliphatic carbocycles. The molecule has 0 unspecified atom stereocenters. The second kappa shape index (κ2) is 6.58. The zero-order valence-corrected chi connectivity index (χ0v) is 14.6. The molecule has 2 heterocycles. The van der Waals surface area contributed by atoms with Gasteiger partial charge < -0.3 is 15.1 Å². The van der Waals surface area contributed by atoms with Crippen LogP contribution >= 0.6 is 0 Å². The Bertz CT molecular complexity index is 937. The van der Waals surface area contributed by atoms with Crippen LogP contribution in [0.25, 0.3) is 0 Å². The molecule has 25 heavy (non-hydrogen) atoms. The van der Waals surface area contributed by atoms with Crippen LogP contribution in [0.1, 0.15) is 27.2 Å². The Morgan fingerprint density at radius 3 is 2.84 bits per heavy atom. The van der Waals surface area contributed by atoms with Gasteiger partial charge in [0.05, 0.1) is 11.3 Å². The first-order valence-corrected chi connectivity index (χ1v) is 9.18. The summed E-state index contributed by atoms with van der Waals surface area (Å²) in [7, 11) is -2.56. The standard InChI is InChI=1S/C16H18FN3O4S/c1-9-12(7-14(24-9)25(22,23)18-2)16(21)20-13-4-3-10-8-19-6-5-11(10)15(13)17/h3-4,7,18-19H,5-6,8H2,1-2H3,(H,20,21). The van der Waals surface area contributed by atoms with Gasteiger partial charge in [0.25, 0.3) is 15.9 Å². The highest BCUT2D eigenvalue weighted by molar-refractivity contribution is 7.89. The number of furan rings is 1. The van der Waals surface area contributed by atoms with Crippen molar-refractivity contribution >= 4 is 21.6 Å². The van der Waals surface area contributed by atoms with Crippen molar-refractivity contribution in [1.82, 2.24) is 10.0 Å². The Morgan fingerprint density at radius 2 is 2.12 bits per heavy atom. The van der Waals surface area contributed by atoms with Crippen LogP contribution in [0.2, 0.25) is 0 Å². The van der Waals surface area contributed by atoms with E-state index in [2.05, 4.69) is 15.4 Å². The fourth-order valence-corrected chi connectivity index (χ4v) is 3.44. The number of halogens is 1. The van der Waals surface area contributed by atoms with Gasteiger partial charge in [-0.1, -0.05) is 6.07 Å². The summed E-state index contributed by atoms with van der Waals surface area (Å²) in [6, 6.07) is 4.38. The van der Waals surface area contributed by atoms with Crippen molar-refractivity contribution in [2.45, 2.75) is 25.0 Å². The Morgan fingerprint density at radius 1 is 1.36 bits per heavy atom. The number of fused-ring (bicyclic) bond motifs is 1. The van der Waals surface area contributed by atoms with E-state index in [4.69, 9.17) is 4.42 Å². The minimum absolute atomic E-state index is 0.0348. The molecular weight excluding hydrogens is 349 g/mol. The number of hydrogen-bond donors (Lipinski definition) is 3. The van der Waals surface area contributed by atoms with E-state index < -0.39 is 21.7 Å². The average molecular weight is 367 g/mol. The Balaban J connectivity index is 1.89. The van der Waals surface area contributed by atoms with Gasteiger partial charge in [-0.05, 0) is 44.1 Å². The summed E-state index contributed by atoms with van der Waals surface area (Å²) < 4.78 is 45.4. The predicted molar refractivity (Wildman–Crippen MR) is 89.5 cm³/mol. The normalized spacial score (nSPS) is 14.2. The highest BCUT2D eigenvalue weighted by Crippen LogP contribution is 2.26. The van der Waals surface area contributed by atoms with Crippen LogP contribution in [0.15, 0.2) is 27.7 Å². The van der Waals surface area contributed by atoms with Crippen molar-refractivity contribution in [3.63, 3.8) is 0 Å². The first kappa shape index (κ1) is 17.6. The van der Waals surface area contributed by atoms with Crippen molar-refractivity contribution in [2.24, 2.45) is 0 Å². The molecule has 0 saturated heterocycles. The summed E-state index contributed by atoms with van der Waals surface area (Å²) in [5.41, 5.74) is 1.54. The summed E-state index contributed by atoms with van der Waals surface area (Å²) in [6.07, 6.45) is 0.542. The van der Waals surface area contributed by atoms with E-state index >= 15 is 0 Å². The number of benzene rings is 1. The van der Waals surface area contributed by atoms with Crippen LogP contribution in [-0.2, 0) is 23.0 Å². The first-order chi connectivity index (χ1) is 11.8. The molecule has 0 radical (unpaired) electrons. The van der Waals surface area contributed by atoms with Crippen molar-refractivity contribution in [2.75, 3.05) is 18.9 Å². The molecule has 0 bridgehead atoms. The summed E-state index contributed by atoms with van der Waals surface area (Å²) in [6.45, 7) is 2.73. The van der Waals surface area contributed by atoms with Crippen LogP contribution in [0, 0.1) is 12.7 Å². The average Bonchev–Trinajstić information content (AvgIpc) is 3.00. The number of rotatable bonds is 4. The van der Waals surface area contributed by atoms with Gasteiger partial charge >= 0.3 is 0 Å². The van der Waals surface area contributed by atoms with E-state index in [9.17, 15) is 17.6 Å². The molecule has 7 nitrogen and oxygen atoms in total. The number of hydrogen-bond acceptors (Lipinski definition) is 5. The zero-order chi connectivity index (χ0) is 18.2. The van der Waals surface area contributed by atoms with E-state index in [1.807, 2.05) is 0 Å². The summed E-state index contributed by atoms with van der Waals surface area (Å²) in [5, 5.41) is 5.28. The Labute approximate surface area is 144 Å². The molecule has 0 spiro atoms. The fraction of sp³-hybridized carbons (Fsp3) is 0.312. The summed E-state index contributed by atoms with van der Waals surface area (Å²) in [4.78, 5) is 12.4. The quantitative estimate of drug-likeness (QED) is 0.761. The van der Waals surface area contributed by atoms with Crippen LogP contribution in [0.5, 0.6) is 0 Å². The van der Waals surface area contributed by atoms with Crippen LogP contribution < -0.4 is 15.4 Å². The van der Waals surface area contributed by atoms with Crippen molar-refractivity contribution < 1.29 is 22.0 Å². The van der Waals surface area contributed by atoms with Crippen molar-refractivity contribution in [3.8, 4) is 0 Å². The molecule has 134 valence electrons. The minimum atomic E-state index is -3.80. The summed E-state index contributed by atoms with van der Waals surface area (Å²) in [5.74, 6) is -0.961. The molecule has 9 heteroatoms. The minimum Gasteiger partial charge on any atom is -0.448 e. The van der Waals surface area contributed by atoms with Gasteiger partial charge in [0.1, 0.15) is 11.6 Å². The lowest BCUT2D eigenvalue weighted by molar-refractivity contribution is 0.102. The molecule has 3 N–H and O–H groups in total. The monoisotopic (exact) mass is 367 g/mol. The molecule has 1 aromatic carbocycles. The topological polar surface area (TPSA) is 100 Å². The fourth-order valence-electron chi connectivity index (χ4n) is 2.73. The molecule has 3 rings (SSSR count). The third kappa shape index (κ3) is 3.30. The van der Waals surface area contributed by atoms with Crippen molar-refractivity contribution in [1.29, 1.82) is 0 Å². The highest BCUT2D eigenvalue weighted by atomic mass is 32.2. The first-order valence-electron chi connectivity index (χ1n) is 7.70. The number of carbonyl (C=O) groups is 1. The van der Waals surface area contributed by atoms with E-state index in [0.29, 0.717) is 25.1 Å². The lowest BCUT2D eigenvalue weighted by Gasteiger charge is -2.19. The van der Waals surface area contributed by atoms with Crippen LogP contribution in [0.3, 0.4) is 0 Å². The number of sulfonamides is 1. The molecule has 1 aliphatic rings. The largest absolute Gasteiger partial charge is 0.448 e. The maximum atomic E-state index is 14.6.